The SMILES string of the molecule is Cc1oc(CN(C)C(=O)COc2ccc(Cl)c(Cl)c2)cc1C(=O)O. The molecule has 0 aliphatic rings. The number of amides is 1. The molecule has 8 heteroatoms. The van der Waals surface area contributed by atoms with Crippen LogP contribution in [-0.2, 0) is 11.3 Å². The maximum Gasteiger partial charge on any atom is 0.339 e. The molecule has 1 N–H and O–H groups in total. The fraction of sp³-hybridized carbons (Fsp3) is 0.250. The lowest BCUT2D eigenvalue weighted by atomic mass is 10.2. The Hall–Kier alpha value is -2.18. The van der Waals surface area contributed by atoms with Gasteiger partial charge in [-0.2, -0.15) is 0 Å². The van der Waals surface area contributed by atoms with Crippen molar-refractivity contribution in [2.45, 2.75) is 13.5 Å². The monoisotopic (exact) mass is 371 g/mol. The summed E-state index contributed by atoms with van der Waals surface area (Å²) in [6.45, 7) is 1.50. The first-order valence-corrected chi connectivity index (χ1v) is 7.68. The molecule has 128 valence electrons. The van der Waals surface area contributed by atoms with Gasteiger partial charge >= 0.3 is 5.97 Å². The molecule has 1 heterocycles. The second-order valence-electron chi connectivity index (χ2n) is 5.10. The van der Waals surface area contributed by atoms with E-state index in [1.807, 2.05) is 0 Å². The highest BCUT2D eigenvalue weighted by atomic mass is 35.5. The molecule has 0 atom stereocenters. The number of hydrogen-bond acceptors (Lipinski definition) is 4. The molecule has 0 spiro atoms. The molecule has 0 radical (unpaired) electrons. The van der Waals surface area contributed by atoms with Gasteiger partial charge in [0.15, 0.2) is 6.61 Å². The van der Waals surface area contributed by atoms with Gasteiger partial charge in [0.05, 0.1) is 16.6 Å². The molecule has 0 saturated carbocycles. The fourth-order valence-electron chi connectivity index (χ4n) is 1.98. The van der Waals surface area contributed by atoms with Crippen LogP contribution < -0.4 is 4.74 Å². The van der Waals surface area contributed by atoms with Gasteiger partial charge < -0.3 is 19.2 Å². The highest BCUT2D eigenvalue weighted by Gasteiger charge is 2.17. The summed E-state index contributed by atoms with van der Waals surface area (Å²) in [6, 6.07) is 6.11. The summed E-state index contributed by atoms with van der Waals surface area (Å²) in [6.07, 6.45) is 0. The Kier molecular flexibility index (Phi) is 5.75. The van der Waals surface area contributed by atoms with Crippen LogP contribution in [0.25, 0.3) is 0 Å². The summed E-state index contributed by atoms with van der Waals surface area (Å²) in [5, 5.41) is 9.73. The highest BCUT2D eigenvalue weighted by Crippen LogP contribution is 2.26. The lowest BCUT2D eigenvalue weighted by molar-refractivity contribution is -0.132. The number of carboxylic acids is 1. The second-order valence-corrected chi connectivity index (χ2v) is 5.92. The Bertz CT molecular complexity index is 772. The summed E-state index contributed by atoms with van der Waals surface area (Å²) in [5.74, 6) is -0.264. The van der Waals surface area contributed by atoms with Gasteiger partial charge in [-0.3, -0.25) is 4.79 Å². The summed E-state index contributed by atoms with van der Waals surface area (Å²) in [5.41, 5.74) is 0.0814. The molecule has 0 fully saturated rings. The van der Waals surface area contributed by atoms with E-state index in [9.17, 15) is 9.59 Å². The lowest BCUT2D eigenvalue weighted by Crippen LogP contribution is -2.30. The molecule has 2 rings (SSSR count). The Morgan fingerprint density at radius 2 is 1.96 bits per heavy atom. The van der Waals surface area contributed by atoms with Crippen LogP contribution in [0.1, 0.15) is 21.9 Å². The molecule has 0 unspecified atom stereocenters. The van der Waals surface area contributed by atoms with Crippen molar-refractivity contribution < 1.29 is 23.8 Å². The van der Waals surface area contributed by atoms with Crippen molar-refractivity contribution in [1.29, 1.82) is 0 Å². The largest absolute Gasteiger partial charge is 0.484 e. The predicted molar refractivity (Wildman–Crippen MR) is 88.8 cm³/mol. The minimum atomic E-state index is -1.07. The summed E-state index contributed by atoms with van der Waals surface area (Å²) in [7, 11) is 1.57. The molecule has 0 bridgehead atoms. The number of nitrogens with zero attached hydrogens (tertiary/aromatic N) is 1. The van der Waals surface area contributed by atoms with Crippen molar-refractivity contribution in [3.8, 4) is 5.75 Å². The minimum absolute atomic E-state index is 0.0814. The summed E-state index contributed by atoms with van der Waals surface area (Å²) < 4.78 is 10.7. The second kappa shape index (κ2) is 7.59. The van der Waals surface area contributed by atoms with E-state index in [0.29, 0.717) is 27.3 Å². The molecule has 6 nitrogen and oxygen atoms in total. The number of likely N-dealkylation sites (N-methyl/N-ethyl adjacent to an activating group) is 1. The van der Waals surface area contributed by atoms with Crippen molar-refractivity contribution in [2.75, 3.05) is 13.7 Å². The van der Waals surface area contributed by atoms with Crippen LogP contribution in [0.4, 0.5) is 0 Å². The van der Waals surface area contributed by atoms with Crippen LogP contribution in [0.3, 0.4) is 0 Å². The number of aromatic carboxylic acids is 1. The van der Waals surface area contributed by atoms with E-state index in [4.69, 9.17) is 37.5 Å². The van der Waals surface area contributed by atoms with Crippen LogP contribution in [0.2, 0.25) is 10.0 Å². The zero-order valence-corrected chi connectivity index (χ0v) is 14.5. The Morgan fingerprint density at radius 1 is 1.25 bits per heavy atom. The van der Waals surface area contributed by atoms with E-state index in [-0.39, 0.29) is 24.6 Å². The average Bonchev–Trinajstić information content (AvgIpc) is 2.88. The van der Waals surface area contributed by atoms with Gasteiger partial charge in [-0.05, 0) is 25.1 Å². The van der Waals surface area contributed by atoms with Gasteiger partial charge in [-0.15, -0.1) is 0 Å². The standard InChI is InChI=1S/C16H15Cl2NO5/c1-9-12(16(21)22)5-11(24-9)7-19(2)15(20)8-23-10-3-4-13(17)14(18)6-10/h3-6H,7-8H2,1-2H3,(H,21,22). The van der Waals surface area contributed by atoms with Gasteiger partial charge in [0, 0.05) is 13.1 Å². The number of aryl methyl sites for hydroxylation is 1. The summed E-state index contributed by atoms with van der Waals surface area (Å²) >= 11 is 11.7. The van der Waals surface area contributed by atoms with Gasteiger partial charge in [-0.25, -0.2) is 4.79 Å². The highest BCUT2D eigenvalue weighted by molar-refractivity contribution is 6.42. The van der Waals surface area contributed by atoms with Crippen molar-refractivity contribution in [3.63, 3.8) is 0 Å². The molecule has 0 aliphatic heterocycles. The number of carboxylic acid groups (broad SMARTS) is 1. The molecular weight excluding hydrogens is 357 g/mol. The number of rotatable bonds is 6. The van der Waals surface area contributed by atoms with Crippen molar-refractivity contribution >= 4 is 35.1 Å². The molecular formula is C16H15Cl2NO5. The molecule has 24 heavy (non-hydrogen) atoms. The first-order valence-electron chi connectivity index (χ1n) is 6.92. The molecule has 0 saturated heterocycles. The normalized spacial score (nSPS) is 10.5. The van der Waals surface area contributed by atoms with Gasteiger partial charge in [0.1, 0.15) is 22.8 Å². The maximum absolute atomic E-state index is 12.1. The number of furan rings is 1. The average molecular weight is 372 g/mol. The van der Waals surface area contributed by atoms with E-state index in [1.54, 1.807) is 26.1 Å². The van der Waals surface area contributed by atoms with Gasteiger partial charge in [0.2, 0.25) is 0 Å². The molecule has 1 aromatic carbocycles. The molecule has 1 amide bonds. The Labute approximate surface area is 148 Å². The maximum atomic E-state index is 12.1. The number of hydrogen-bond donors (Lipinski definition) is 1. The summed E-state index contributed by atoms with van der Waals surface area (Å²) in [4.78, 5) is 24.4. The molecule has 0 aliphatic carbocycles. The first-order chi connectivity index (χ1) is 11.3. The smallest absolute Gasteiger partial charge is 0.339 e. The van der Waals surface area contributed by atoms with Crippen LogP contribution >= 0.6 is 23.2 Å². The van der Waals surface area contributed by atoms with Crippen LogP contribution in [0.15, 0.2) is 28.7 Å². The van der Waals surface area contributed by atoms with E-state index < -0.39 is 5.97 Å². The number of ether oxygens (including phenoxy) is 1. The van der Waals surface area contributed by atoms with Gasteiger partial charge in [0.25, 0.3) is 5.91 Å². The number of halogens is 2. The van der Waals surface area contributed by atoms with E-state index in [2.05, 4.69) is 0 Å². The molecule has 1 aromatic heterocycles. The zero-order valence-electron chi connectivity index (χ0n) is 13.0. The van der Waals surface area contributed by atoms with Crippen molar-refractivity contribution in [3.05, 3.63) is 51.4 Å². The van der Waals surface area contributed by atoms with E-state index >= 15 is 0 Å². The van der Waals surface area contributed by atoms with Gasteiger partial charge in [-0.1, -0.05) is 23.2 Å². The third-order valence-corrected chi connectivity index (χ3v) is 4.01. The van der Waals surface area contributed by atoms with Crippen molar-refractivity contribution in [1.82, 2.24) is 4.90 Å². The third-order valence-electron chi connectivity index (χ3n) is 3.27. The lowest BCUT2D eigenvalue weighted by Gasteiger charge is -2.16. The Balaban J connectivity index is 1.93. The number of benzene rings is 1. The quantitative estimate of drug-likeness (QED) is 0.838. The van der Waals surface area contributed by atoms with E-state index in [0.717, 1.165) is 0 Å². The predicted octanol–water partition coefficient (Wildman–Crippen LogP) is 3.63. The van der Waals surface area contributed by atoms with Crippen LogP contribution in [0.5, 0.6) is 5.75 Å². The number of carbonyl (C=O) groups is 2. The van der Waals surface area contributed by atoms with E-state index in [1.165, 1.54) is 17.0 Å². The third kappa shape index (κ3) is 4.43. The zero-order chi connectivity index (χ0) is 17.9. The number of carbonyl (C=O) groups excluding carboxylic acids is 1. The van der Waals surface area contributed by atoms with Crippen LogP contribution in [-0.4, -0.2) is 35.5 Å². The van der Waals surface area contributed by atoms with Crippen molar-refractivity contribution in [2.24, 2.45) is 0 Å². The Morgan fingerprint density at radius 3 is 2.54 bits per heavy atom. The fourth-order valence-corrected chi connectivity index (χ4v) is 2.27. The topological polar surface area (TPSA) is 80.0 Å². The molecule has 2 aromatic rings. The first kappa shape index (κ1) is 18.2. The van der Waals surface area contributed by atoms with Crippen LogP contribution in [0, 0.1) is 6.92 Å². The minimum Gasteiger partial charge on any atom is -0.484 e.